The van der Waals surface area contributed by atoms with E-state index >= 15 is 0 Å². The molecule has 0 bridgehead atoms. The van der Waals surface area contributed by atoms with Gasteiger partial charge in [0, 0.05) is 6.07 Å². The molecule has 0 aliphatic heterocycles. The van der Waals surface area contributed by atoms with Crippen molar-refractivity contribution in [2.24, 2.45) is 0 Å². The number of halogens is 3. The number of rotatable bonds is 4. The lowest BCUT2D eigenvalue weighted by atomic mass is 10.3. The third-order valence-electron chi connectivity index (χ3n) is 3.17. The number of fused-ring (bicyclic) bond motifs is 1. The Kier molecular flexibility index (Phi) is 5.15. The Morgan fingerprint density at radius 2 is 1.88 bits per heavy atom. The second-order valence-corrected chi connectivity index (χ2v) is 7.19. The van der Waals surface area contributed by atoms with Crippen molar-refractivity contribution in [1.29, 1.82) is 0 Å². The van der Waals surface area contributed by atoms with Crippen molar-refractivity contribution in [3.05, 3.63) is 51.5 Å². The molecule has 1 N–H and O–H groups in total. The summed E-state index contributed by atoms with van der Waals surface area (Å²) in [7, 11) is 0. The Bertz CT molecular complexity index is 880. The quantitative estimate of drug-likeness (QED) is 0.574. The van der Waals surface area contributed by atoms with Gasteiger partial charge >= 0.3 is 0 Å². The van der Waals surface area contributed by atoms with Crippen molar-refractivity contribution in [3.63, 3.8) is 0 Å². The first kappa shape index (κ1) is 17.3. The number of carbonyl (C=O) groups excluding carboxylic acids is 1. The molecule has 0 unspecified atom stereocenters. The number of ether oxygens (including phenoxy) is 1. The summed E-state index contributed by atoms with van der Waals surface area (Å²) in [6, 6.07) is 10.6. The zero-order chi connectivity index (χ0) is 17.3. The second-order valence-electron chi connectivity index (χ2n) is 4.93. The van der Waals surface area contributed by atoms with Gasteiger partial charge in [0.25, 0.3) is 5.91 Å². The smallest absolute Gasteiger partial charge is 0.266 e. The molecule has 1 atom stereocenters. The van der Waals surface area contributed by atoms with E-state index in [9.17, 15) is 4.79 Å². The van der Waals surface area contributed by atoms with Crippen LogP contribution in [0.5, 0.6) is 5.75 Å². The Hall–Kier alpha value is -1.53. The van der Waals surface area contributed by atoms with Crippen LogP contribution in [0.15, 0.2) is 36.4 Å². The molecule has 0 saturated carbocycles. The van der Waals surface area contributed by atoms with Crippen LogP contribution in [0.2, 0.25) is 15.1 Å². The van der Waals surface area contributed by atoms with Gasteiger partial charge in [-0.15, -0.1) is 0 Å². The summed E-state index contributed by atoms with van der Waals surface area (Å²) < 4.78 is 6.57. The van der Waals surface area contributed by atoms with E-state index in [2.05, 4.69) is 10.3 Å². The minimum Gasteiger partial charge on any atom is -0.479 e. The zero-order valence-electron chi connectivity index (χ0n) is 12.3. The largest absolute Gasteiger partial charge is 0.479 e. The van der Waals surface area contributed by atoms with Gasteiger partial charge in [-0.05, 0) is 25.1 Å². The average molecular weight is 402 g/mol. The highest BCUT2D eigenvalue weighted by Crippen LogP contribution is 2.34. The fraction of sp³-hybridized carbons (Fsp3) is 0.125. The van der Waals surface area contributed by atoms with Crippen molar-refractivity contribution in [3.8, 4) is 5.75 Å². The summed E-state index contributed by atoms with van der Waals surface area (Å²) in [6.45, 7) is 1.61. The van der Waals surface area contributed by atoms with E-state index in [1.54, 1.807) is 6.92 Å². The molecule has 0 spiro atoms. The van der Waals surface area contributed by atoms with Crippen LogP contribution in [-0.2, 0) is 4.79 Å². The van der Waals surface area contributed by atoms with Gasteiger partial charge in [0.1, 0.15) is 5.75 Å². The highest BCUT2D eigenvalue weighted by Gasteiger charge is 2.19. The van der Waals surface area contributed by atoms with E-state index < -0.39 is 6.10 Å². The fourth-order valence-electron chi connectivity index (χ4n) is 1.97. The third kappa shape index (κ3) is 3.75. The van der Waals surface area contributed by atoms with Crippen LogP contribution >= 0.6 is 46.1 Å². The van der Waals surface area contributed by atoms with Crippen LogP contribution in [-0.4, -0.2) is 17.0 Å². The molecule has 0 saturated heterocycles. The normalized spacial score (nSPS) is 12.2. The van der Waals surface area contributed by atoms with Crippen molar-refractivity contribution >= 4 is 67.4 Å². The molecule has 0 aliphatic rings. The van der Waals surface area contributed by atoms with E-state index in [1.807, 2.05) is 24.3 Å². The molecule has 1 amide bonds. The molecule has 3 rings (SSSR count). The highest BCUT2D eigenvalue weighted by molar-refractivity contribution is 7.22. The summed E-state index contributed by atoms with van der Waals surface area (Å²) in [5, 5.41) is 4.15. The molecule has 8 heteroatoms. The minimum absolute atomic E-state index is 0.282. The van der Waals surface area contributed by atoms with Crippen molar-refractivity contribution in [1.82, 2.24) is 4.98 Å². The SMILES string of the molecule is C[C@@H](Oc1cc(Cl)c(Cl)cc1Cl)C(=O)Nc1nc2ccccc2s1. The lowest BCUT2D eigenvalue weighted by molar-refractivity contribution is -0.122. The maximum Gasteiger partial charge on any atom is 0.266 e. The zero-order valence-corrected chi connectivity index (χ0v) is 15.4. The Morgan fingerprint density at radius 3 is 2.62 bits per heavy atom. The number of anilines is 1. The number of hydrogen-bond acceptors (Lipinski definition) is 4. The summed E-state index contributed by atoms with van der Waals surface area (Å²) in [4.78, 5) is 16.6. The molecule has 24 heavy (non-hydrogen) atoms. The Labute approximate surface area is 157 Å². The summed E-state index contributed by atoms with van der Waals surface area (Å²) in [6.07, 6.45) is -0.785. The molecule has 1 aromatic heterocycles. The van der Waals surface area contributed by atoms with Crippen molar-refractivity contribution in [2.75, 3.05) is 5.32 Å². The molecule has 0 radical (unpaired) electrons. The first-order chi connectivity index (χ1) is 11.4. The number of nitrogens with zero attached hydrogens (tertiary/aromatic N) is 1. The lowest BCUT2D eigenvalue weighted by Gasteiger charge is -2.15. The van der Waals surface area contributed by atoms with Gasteiger partial charge in [0.05, 0.1) is 25.3 Å². The highest BCUT2D eigenvalue weighted by atomic mass is 35.5. The minimum atomic E-state index is -0.785. The van der Waals surface area contributed by atoms with E-state index in [-0.39, 0.29) is 16.7 Å². The van der Waals surface area contributed by atoms with Crippen molar-refractivity contribution in [2.45, 2.75) is 13.0 Å². The maximum absolute atomic E-state index is 12.3. The first-order valence-corrected chi connectivity index (χ1v) is 8.86. The predicted octanol–water partition coefficient (Wildman–Crippen LogP) is 5.66. The molecule has 124 valence electrons. The number of nitrogens with one attached hydrogen (secondary N) is 1. The van der Waals surface area contributed by atoms with Gasteiger partial charge in [0.2, 0.25) is 0 Å². The second kappa shape index (κ2) is 7.15. The number of aromatic nitrogens is 1. The standard InChI is InChI=1S/C16H11Cl3N2O2S/c1-8(23-13-7-10(18)9(17)6-11(13)19)15(22)21-16-20-12-4-2-3-5-14(12)24-16/h2-8H,1H3,(H,20,21,22)/t8-/m1/s1. The van der Waals surface area contributed by atoms with Gasteiger partial charge < -0.3 is 4.74 Å². The summed E-state index contributed by atoms with van der Waals surface area (Å²) in [5.74, 6) is -0.0470. The van der Waals surface area contributed by atoms with Gasteiger partial charge in [-0.1, -0.05) is 58.3 Å². The van der Waals surface area contributed by atoms with Gasteiger partial charge in [-0.2, -0.15) is 0 Å². The number of carbonyl (C=O) groups is 1. The van der Waals surface area contributed by atoms with E-state index in [1.165, 1.54) is 23.5 Å². The van der Waals surface area contributed by atoms with Crippen LogP contribution in [0.25, 0.3) is 10.2 Å². The molecule has 4 nitrogen and oxygen atoms in total. The molecule has 0 fully saturated rings. The van der Waals surface area contributed by atoms with Gasteiger partial charge in [0.15, 0.2) is 11.2 Å². The monoisotopic (exact) mass is 400 g/mol. The van der Waals surface area contributed by atoms with Crippen LogP contribution in [0.1, 0.15) is 6.92 Å². The first-order valence-electron chi connectivity index (χ1n) is 6.91. The summed E-state index contributed by atoms with van der Waals surface area (Å²) in [5.41, 5.74) is 0.832. The Morgan fingerprint density at radius 1 is 1.17 bits per heavy atom. The third-order valence-corrected chi connectivity index (χ3v) is 5.14. The van der Waals surface area contributed by atoms with E-state index in [0.717, 1.165) is 10.2 Å². The van der Waals surface area contributed by atoms with Crippen LogP contribution in [0.3, 0.4) is 0 Å². The van der Waals surface area contributed by atoms with E-state index in [0.29, 0.717) is 15.2 Å². The Balaban J connectivity index is 1.71. The number of hydrogen-bond donors (Lipinski definition) is 1. The molecular weight excluding hydrogens is 391 g/mol. The molecule has 3 aromatic rings. The fourth-order valence-corrected chi connectivity index (χ4v) is 3.42. The lowest BCUT2D eigenvalue weighted by Crippen LogP contribution is -2.30. The van der Waals surface area contributed by atoms with Crippen LogP contribution < -0.4 is 10.1 Å². The van der Waals surface area contributed by atoms with Crippen LogP contribution in [0, 0.1) is 0 Å². The maximum atomic E-state index is 12.3. The predicted molar refractivity (Wildman–Crippen MR) is 99.8 cm³/mol. The number of benzene rings is 2. The topological polar surface area (TPSA) is 51.2 Å². The van der Waals surface area contributed by atoms with Crippen molar-refractivity contribution < 1.29 is 9.53 Å². The molecular formula is C16H11Cl3N2O2S. The summed E-state index contributed by atoms with van der Waals surface area (Å²) >= 11 is 19.3. The van der Waals surface area contributed by atoms with E-state index in [4.69, 9.17) is 39.5 Å². The van der Waals surface area contributed by atoms with Crippen LogP contribution in [0.4, 0.5) is 5.13 Å². The number of amides is 1. The van der Waals surface area contributed by atoms with Gasteiger partial charge in [-0.3, -0.25) is 10.1 Å². The molecule has 2 aromatic carbocycles. The number of para-hydroxylation sites is 1. The molecule has 1 heterocycles. The molecule has 0 aliphatic carbocycles. The number of thiazole rings is 1. The van der Waals surface area contributed by atoms with Gasteiger partial charge in [-0.25, -0.2) is 4.98 Å². The average Bonchev–Trinajstić information content (AvgIpc) is 2.94.